The standard InChI is InChI=1S/C22H30N6O3.C22H29N5O3/c1-14(25(2)11-4-10-23)15-9-12-26(13-15)18-8-7-17-19(20(18)31-3)27(16-5-6-16)22(30)28(24)21(17)29;1-14(25(2)11-4-10-23)15-9-12-26(13-15)18-8-7-17-19(20(18)30-3)27(16-5-6-16)22(29)24-21(17)28/h7-8,14-16H,4-6,9,11-13,24H2,1-3H3;7-8,14-16H,4-6,9,11-13H2,1-3H3,(H,24,28,29). The van der Waals surface area contributed by atoms with Crippen LogP contribution in [-0.2, 0) is 0 Å². The monoisotopic (exact) mass is 837 g/mol. The Hall–Kier alpha value is -5.78. The predicted molar refractivity (Wildman–Crippen MR) is 236 cm³/mol. The number of nitriles is 2. The Balaban J connectivity index is 0.000000184. The van der Waals surface area contributed by atoms with E-state index in [4.69, 9.17) is 25.8 Å². The van der Waals surface area contributed by atoms with E-state index in [9.17, 15) is 19.2 Å². The molecule has 17 heteroatoms. The van der Waals surface area contributed by atoms with E-state index < -0.39 is 11.2 Å². The summed E-state index contributed by atoms with van der Waals surface area (Å²) in [6.45, 7) is 9.42. The molecule has 2 aliphatic carbocycles. The van der Waals surface area contributed by atoms with Crippen LogP contribution in [0.5, 0.6) is 11.5 Å². The Labute approximate surface area is 355 Å². The Kier molecular flexibility index (Phi) is 12.8. The van der Waals surface area contributed by atoms with Crippen molar-refractivity contribution in [1.82, 2.24) is 28.6 Å². The van der Waals surface area contributed by atoms with Crippen LogP contribution in [0.25, 0.3) is 21.8 Å². The van der Waals surface area contributed by atoms with Crippen LogP contribution in [0, 0.1) is 34.5 Å². The molecule has 61 heavy (non-hydrogen) atoms. The number of aromatic amines is 1. The molecule has 2 aromatic heterocycles. The van der Waals surface area contributed by atoms with Gasteiger partial charge >= 0.3 is 11.4 Å². The molecule has 2 saturated heterocycles. The molecule has 0 spiro atoms. The second-order valence-electron chi connectivity index (χ2n) is 17.2. The van der Waals surface area contributed by atoms with E-state index in [0.717, 1.165) is 89.2 Å². The third kappa shape index (κ3) is 8.46. The highest BCUT2D eigenvalue weighted by molar-refractivity contribution is 5.92. The van der Waals surface area contributed by atoms with Crippen LogP contribution in [0.3, 0.4) is 0 Å². The number of fused-ring (bicyclic) bond motifs is 2. The number of aromatic nitrogens is 4. The number of nitrogens with zero attached hydrogens (tertiary/aromatic N) is 9. The Bertz CT molecular complexity index is 2590. The van der Waals surface area contributed by atoms with Crippen molar-refractivity contribution >= 4 is 33.2 Å². The first-order chi connectivity index (χ1) is 29.3. The van der Waals surface area contributed by atoms with Crippen LogP contribution < -0.4 is 47.6 Å². The van der Waals surface area contributed by atoms with Gasteiger partial charge in [0, 0.05) is 76.3 Å². The van der Waals surface area contributed by atoms with Crippen LogP contribution in [0.15, 0.2) is 43.4 Å². The zero-order chi connectivity index (χ0) is 43.7. The van der Waals surface area contributed by atoms with E-state index in [1.54, 1.807) is 35.5 Å². The van der Waals surface area contributed by atoms with Gasteiger partial charge in [-0.2, -0.15) is 15.2 Å². The fourth-order valence-corrected chi connectivity index (χ4v) is 9.34. The second-order valence-corrected chi connectivity index (χ2v) is 17.2. The zero-order valence-corrected chi connectivity index (χ0v) is 36.2. The number of methoxy groups -OCH3 is 2. The number of nitrogens with two attached hydrogens (primary N) is 1. The Morgan fingerprint density at radius 2 is 1.20 bits per heavy atom. The van der Waals surface area contributed by atoms with Crippen LogP contribution >= 0.6 is 0 Å². The van der Waals surface area contributed by atoms with Gasteiger partial charge in [-0.3, -0.25) is 23.7 Å². The average Bonchev–Trinajstić information content (AvgIpc) is 4.19. The van der Waals surface area contributed by atoms with Gasteiger partial charge in [0.05, 0.1) is 48.5 Å². The van der Waals surface area contributed by atoms with Gasteiger partial charge in [-0.15, -0.1) is 0 Å². The summed E-state index contributed by atoms with van der Waals surface area (Å²) < 4.78 is 15.6. The molecule has 4 unspecified atom stereocenters. The minimum Gasteiger partial charge on any atom is -0.492 e. The third-order valence-corrected chi connectivity index (χ3v) is 13.5. The number of anilines is 2. The number of ether oxygens (including phenoxy) is 2. The van der Waals surface area contributed by atoms with Gasteiger partial charge in [-0.25, -0.2) is 9.59 Å². The number of rotatable bonds is 14. The Morgan fingerprint density at radius 3 is 1.66 bits per heavy atom. The first kappa shape index (κ1) is 43.3. The van der Waals surface area contributed by atoms with E-state index in [-0.39, 0.29) is 23.3 Å². The topological polar surface area (TPSA) is 204 Å². The zero-order valence-electron chi connectivity index (χ0n) is 36.2. The summed E-state index contributed by atoms with van der Waals surface area (Å²) in [5.41, 5.74) is 1.24. The summed E-state index contributed by atoms with van der Waals surface area (Å²) in [4.78, 5) is 61.9. The number of hydrogen-bond donors (Lipinski definition) is 2. The molecule has 0 radical (unpaired) electrons. The fraction of sp³-hybridized carbons (Fsp3) is 0.591. The van der Waals surface area contributed by atoms with E-state index in [2.05, 4.69) is 64.7 Å². The third-order valence-electron chi connectivity index (χ3n) is 13.5. The number of H-pyrrole nitrogens is 1. The molecular weight excluding hydrogens is 779 g/mol. The van der Waals surface area contributed by atoms with Crippen molar-refractivity contribution in [3.63, 3.8) is 0 Å². The molecule has 4 fully saturated rings. The summed E-state index contributed by atoms with van der Waals surface area (Å²) in [5, 5.41) is 18.6. The lowest BCUT2D eigenvalue weighted by atomic mass is 9.99. The summed E-state index contributed by atoms with van der Waals surface area (Å²) >= 11 is 0. The van der Waals surface area contributed by atoms with Gasteiger partial charge in [0.25, 0.3) is 11.1 Å². The van der Waals surface area contributed by atoms with Crippen molar-refractivity contribution in [2.45, 2.75) is 89.4 Å². The van der Waals surface area contributed by atoms with Gasteiger partial charge in [0.1, 0.15) is 11.0 Å². The predicted octanol–water partition coefficient (Wildman–Crippen LogP) is 3.37. The van der Waals surface area contributed by atoms with Crippen molar-refractivity contribution < 1.29 is 9.47 Å². The molecular formula is C44H59N11O6. The molecule has 0 bridgehead atoms. The summed E-state index contributed by atoms with van der Waals surface area (Å²) in [5.74, 6) is 7.86. The fourth-order valence-electron chi connectivity index (χ4n) is 9.34. The van der Waals surface area contributed by atoms with E-state index in [1.165, 1.54) is 0 Å². The highest BCUT2D eigenvalue weighted by atomic mass is 16.5. The number of benzene rings is 2. The second kappa shape index (κ2) is 18.1. The van der Waals surface area contributed by atoms with Crippen molar-refractivity contribution in [3.8, 4) is 23.6 Å². The Morgan fingerprint density at radius 1 is 0.738 bits per heavy atom. The molecule has 2 saturated carbocycles. The SMILES string of the molecule is COc1c(N2CCC(C(C)N(C)CCC#N)C2)ccc2c(=O)[nH]c(=O)n(C3CC3)c12.COc1c(N2CCC(C(C)N(C)CCC#N)C2)ccc2c(=O)n(N)c(=O)n(C3CC3)c12. The first-order valence-electron chi connectivity index (χ1n) is 21.5. The summed E-state index contributed by atoms with van der Waals surface area (Å²) in [6, 6.07) is 12.7. The summed E-state index contributed by atoms with van der Waals surface area (Å²) in [7, 11) is 7.32. The van der Waals surface area contributed by atoms with E-state index in [1.807, 2.05) is 12.1 Å². The molecule has 4 aliphatic rings. The number of hydrogen-bond acceptors (Lipinski definition) is 13. The van der Waals surface area contributed by atoms with Crippen LogP contribution in [-0.4, -0.2) is 108 Å². The first-order valence-corrected chi connectivity index (χ1v) is 21.5. The number of nitrogens with one attached hydrogen (secondary N) is 1. The lowest BCUT2D eigenvalue weighted by Gasteiger charge is -2.30. The van der Waals surface area contributed by atoms with Gasteiger partial charge in [-0.1, -0.05) is 0 Å². The minimum absolute atomic E-state index is 0.0506. The molecule has 3 N–H and O–H groups in total. The maximum absolute atomic E-state index is 12.8. The van der Waals surface area contributed by atoms with Crippen LogP contribution in [0.2, 0.25) is 0 Å². The average molecular weight is 838 g/mol. The lowest BCUT2D eigenvalue weighted by Crippen LogP contribution is -2.44. The highest BCUT2D eigenvalue weighted by Gasteiger charge is 2.35. The van der Waals surface area contributed by atoms with Crippen molar-refractivity contribution in [3.05, 3.63) is 65.9 Å². The molecule has 2 aliphatic heterocycles. The molecule has 4 atom stereocenters. The highest BCUT2D eigenvalue weighted by Crippen LogP contribution is 2.44. The quantitative estimate of drug-likeness (QED) is 0.175. The van der Waals surface area contributed by atoms with Gasteiger partial charge in [0.15, 0.2) is 11.5 Å². The normalized spacial score (nSPS) is 19.8. The van der Waals surface area contributed by atoms with Gasteiger partial charge in [0.2, 0.25) is 0 Å². The molecule has 8 rings (SSSR count). The molecule has 2 aromatic carbocycles. The smallest absolute Gasteiger partial charge is 0.350 e. The summed E-state index contributed by atoms with van der Waals surface area (Å²) in [6.07, 6.45) is 6.77. The largest absolute Gasteiger partial charge is 0.492 e. The van der Waals surface area contributed by atoms with Crippen molar-refractivity contribution in [2.75, 3.05) is 83.2 Å². The number of nitrogen functional groups attached to an aromatic ring is 1. The van der Waals surface area contributed by atoms with Crippen molar-refractivity contribution in [1.29, 1.82) is 10.5 Å². The van der Waals surface area contributed by atoms with E-state index >= 15 is 0 Å². The van der Waals surface area contributed by atoms with Gasteiger partial charge < -0.3 is 34.9 Å². The van der Waals surface area contributed by atoms with Crippen molar-refractivity contribution in [2.24, 2.45) is 11.8 Å². The van der Waals surface area contributed by atoms with Gasteiger partial charge in [-0.05, 0) is 103 Å². The maximum Gasteiger partial charge on any atom is 0.350 e. The molecule has 17 nitrogen and oxygen atoms in total. The maximum atomic E-state index is 12.8. The molecule has 326 valence electrons. The molecule has 0 amide bonds. The van der Waals surface area contributed by atoms with Crippen LogP contribution in [0.4, 0.5) is 11.4 Å². The van der Waals surface area contributed by atoms with Crippen LogP contribution in [0.1, 0.15) is 77.3 Å². The molecule has 4 heterocycles. The molecule has 4 aromatic rings. The lowest BCUT2D eigenvalue weighted by molar-refractivity contribution is 0.203. The minimum atomic E-state index is -0.506. The van der Waals surface area contributed by atoms with E-state index in [0.29, 0.717) is 74.7 Å².